The molecule has 0 aromatic heterocycles. The minimum Gasteiger partial charge on any atom is -0.313 e. The van der Waals surface area contributed by atoms with Crippen molar-refractivity contribution in [3.63, 3.8) is 0 Å². The van der Waals surface area contributed by atoms with E-state index >= 15 is 0 Å². The molecule has 0 saturated carbocycles. The first-order valence-corrected chi connectivity index (χ1v) is 7.66. The maximum absolute atomic E-state index is 14.0. The zero-order chi connectivity index (χ0) is 15.1. The molecule has 0 radical (unpaired) electrons. The fourth-order valence-electron chi connectivity index (χ4n) is 3.09. The first-order valence-electron chi connectivity index (χ1n) is 7.66. The number of hydrogen-bond donors (Lipinski definition) is 1. The predicted octanol–water partition coefficient (Wildman–Crippen LogP) is 3.84. The summed E-state index contributed by atoms with van der Waals surface area (Å²) in [7, 11) is 4.08. The summed E-state index contributed by atoms with van der Waals surface area (Å²) >= 11 is 0. The molecule has 0 saturated heterocycles. The number of hydrogen-bond acceptors (Lipinski definition) is 2. The van der Waals surface area contributed by atoms with E-state index in [0.717, 1.165) is 24.9 Å². The van der Waals surface area contributed by atoms with Crippen LogP contribution in [0, 0.1) is 11.7 Å². The molecular formula is C17H29FN2. The summed E-state index contributed by atoms with van der Waals surface area (Å²) < 4.78 is 14.0. The number of benzene rings is 1. The van der Waals surface area contributed by atoms with Crippen molar-refractivity contribution in [1.29, 1.82) is 0 Å². The first-order chi connectivity index (χ1) is 9.54. The molecule has 1 N–H and O–H groups in total. The molecule has 1 aromatic rings. The fourth-order valence-corrected chi connectivity index (χ4v) is 3.09. The van der Waals surface area contributed by atoms with Crippen molar-refractivity contribution < 1.29 is 4.39 Å². The van der Waals surface area contributed by atoms with E-state index in [4.69, 9.17) is 0 Å². The lowest BCUT2D eigenvalue weighted by molar-refractivity contribution is 0.183. The van der Waals surface area contributed by atoms with Gasteiger partial charge in [-0.1, -0.05) is 39.0 Å². The van der Waals surface area contributed by atoms with Crippen molar-refractivity contribution in [3.8, 4) is 0 Å². The Balaban J connectivity index is 2.78. The molecule has 2 nitrogen and oxygen atoms in total. The molecule has 2 atom stereocenters. The number of halogens is 1. The van der Waals surface area contributed by atoms with Crippen LogP contribution >= 0.6 is 0 Å². The van der Waals surface area contributed by atoms with E-state index in [2.05, 4.69) is 38.0 Å². The molecule has 0 bridgehead atoms. The van der Waals surface area contributed by atoms with E-state index < -0.39 is 0 Å². The van der Waals surface area contributed by atoms with E-state index in [1.54, 1.807) is 6.07 Å². The molecule has 1 rings (SSSR count). The van der Waals surface area contributed by atoms with Crippen molar-refractivity contribution in [2.24, 2.45) is 5.92 Å². The maximum atomic E-state index is 14.0. The number of rotatable bonds is 8. The lowest BCUT2D eigenvalue weighted by atomic mass is 9.93. The van der Waals surface area contributed by atoms with Gasteiger partial charge in [-0.25, -0.2) is 4.39 Å². The van der Waals surface area contributed by atoms with Gasteiger partial charge in [-0.3, -0.25) is 0 Å². The first kappa shape index (κ1) is 17.1. The highest BCUT2D eigenvalue weighted by atomic mass is 19.1. The Morgan fingerprint density at radius 1 is 1.20 bits per heavy atom. The second-order valence-electron chi connectivity index (χ2n) is 5.68. The highest BCUT2D eigenvalue weighted by Gasteiger charge is 2.23. The van der Waals surface area contributed by atoms with Crippen LogP contribution in [0.3, 0.4) is 0 Å². The van der Waals surface area contributed by atoms with Crippen LogP contribution in [-0.2, 0) is 0 Å². The van der Waals surface area contributed by atoms with Crippen molar-refractivity contribution in [2.45, 2.75) is 45.7 Å². The largest absolute Gasteiger partial charge is 0.313 e. The van der Waals surface area contributed by atoms with E-state index in [1.807, 2.05) is 19.2 Å². The Morgan fingerprint density at radius 3 is 2.30 bits per heavy atom. The fraction of sp³-hybridized carbons (Fsp3) is 0.647. The van der Waals surface area contributed by atoms with E-state index in [1.165, 1.54) is 6.07 Å². The van der Waals surface area contributed by atoms with Crippen LogP contribution in [0.2, 0.25) is 0 Å². The van der Waals surface area contributed by atoms with Gasteiger partial charge in [0, 0.05) is 24.2 Å². The standard InChI is InChI=1S/C17H29FN2/c1-6-14(7-2)20(5)12-13(3)17(19-4)15-10-8-9-11-16(15)18/h8-11,13-14,17,19H,6-7,12H2,1-5H3. The second kappa shape index (κ2) is 8.38. The third kappa shape index (κ3) is 4.29. The minimum atomic E-state index is -0.121. The Bertz CT molecular complexity index is 390. The minimum absolute atomic E-state index is 0.0491. The van der Waals surface area contributed by atoms with Gasteiger partial charge in [0.1, 0.15) is 5.82 Å². The number of nitrogens with one attached hydrogen (secondary N) is 1. The van der Waals surface area contributed by atoms with Gasteiger partial charge in [0.15, 0.2) is 0 Å². The molecule has 0 heterocycles. The van der Waals surface area contributed by atoms with Crippen molar-refractivity contribution >= 4 is 0 Å². The zero-order valence-electron chi connectivity index (χ0n) is 13.5. The molecule has 0 spiro atoms. The van der Waals surface area contributed by atoms with E-state index in [-0.39, 0.29) is 11.9 Å². The summed E-state index contributed by atoms with van der Waals surface area (Å²) in [6, 6.07) is 7.72. The summed E-state index contributed by atoms with van der Waals surface area (Å²) in [5, 5.41) is 3.27. The summed E-state index contributed by atoms with van der Waals surface area (Å²) in [5.41, 5.74) is 0.764. The lowest BCUT2D eigenvalue weighted by Gasteiger charge is -2.32. The molecular weight excluding hydrogens is 251 g/mol. The van der Waals surface area contributed by atoms with Gasteiger partial charge in [0.2, 0.25) is 0 Å². The van der Waals surface area contributed by atoms with Crippen molar-refractivity contribution in [1.82, 2.24) is 10.2 Å². The van der Waals surface area contributed by atoms with Crippen LogP contribution in [-0.4, -0.2) is 31.6 Å². The van der Waals surface area contributed by atoms with Gasteiger partial charge < -0.3 is 10.2 Å². The molecule has 1 aromatic carbocycles. The van der Waals surface area contributed by atoms with Gasteiger partial charge in [0.05, 0.1) is 0 Å². The van der Waals surface area contributed by atoms with Gasteiger partial charge in [-0.2, -0.15) is 0 Å². The highest BCUT2D eigenvalue weighted by molar-refractivity contribution is 5.21. The molecule has 0 aliphatic rings. The third-order valence-electron chi connectivity index (χ3n) is 4.26. The SMILES string of the molecule is CCC(CC)N(C)CC(C)C(NC)c1ccccc1F. The topological polar surface area (TPSA) is 15.3 Å². The second-order valence-corrected chi connectivity index (χ2v) is 5.68. The van der Waals surface area contributed by atoms with Crippen molar-refractivity contribution in [3.05, 3.63) is 35.6 Å². The molecule has 20 heavy (non-hydrogen) atoms. The Labute approximate surface area is 123 Å². The summed E-state index contributed by atoms with van der Waals surface area (Å²) in [4.78, 5) is 2.40. The Hall–Kier alpha value is -0.930. The van der Waals surface area contributed by atoms with E-state index in [0.29, 0.717) is 12.0 Å². The quantitative estimate of drug-likeness (QED) is 0.778. The van der Waals surface area contributed by atoms with Gasteiger partial charge >= 0.3 is 0 Å². The zero-order valence-corrected chi connectivity index (χ0v) is 13.5. The Morgan fingerprint density at radius 2 is 1.80 bits per heavy atom. The summed E-state index contributed by atoms with van der Waals surface area (Å²) in [6.45, 7) is 7.60. The molecule has 3 heteroatoms. The lowest BCUT2D eigenvalue weighted by Crippen LogP contribution is -2.38. The van der Waals surface area contributed by atoms with Crippen molar-refractivity contribution in [2.75, 3.05) is 20.6 Å². The monoisotopic (exact) mass is 280 g/mol. The highest BCUT2D eigenvalue weighted by Crippen LogP contribution is 2.25. The predicted molar refractivity (Wildman–Crippen MR) is 84.4 cm³/mol. The molecule has 2 unspecified atom stereocenters. The average Bonchev–Trinajstić information content (AvgIpc) is 2.43. The van der Waals surface area contributed by atoms with Crippen LogP contribution in [0.4, 0.5) is 4.39 Å². The number of nitrogens with zero attached hydrogens (tertiary/aromatic N) is 1. The smallest absolute Gasteiger partial charge is 0.127 e. The van der Waals surface area contributed by atoms with Crippen LogP contribution in [0.25, 0.3) is 0 Å². The maximum Gasteiger partial charge on any atom is 0.127 e. The van der Waals surface area contributed by atoms with Crippen LogP contribution in [0.1, 0.15) is 45.2 Å². The van der Waals surface area contributed by atoms with Gasteiger partial charge in [-0.15, -0.1) is 0 Å². The van der Waals surface area contributed by atoms with Gasteiger partial charge in [-0.05, 0) is 38.9 Å². The molecule has 0 aliphatic carbocycles. The van der Waals surface area contributed by atoms with Crippen LogP contribution in [0.15, 0.2) is 24.3 Å². The molecule has 114 valence electrons. The van der Waals surface area contributed by atoms with Crippen LogP contribution < -0.4 is 5.32 Å². The summed E-state index contributed by atoms with van der Waals surface area (Å²) in [5.74, 6) is 0.228. The molecule has 0 aliphatic heterocycles. The van der Waals surface area contributed by atoms with Gasteiger partial charge in [0.25, 0.3) is 0 Å². The Kier molecular flexibility index (Phi) is 7.17. The molecule has 0 fully saturated rings. The summed E-state index contributed by atoms with van der Waals surface area (Å²) in [6.07, 6.45) is 2.31. The third-order valence-corrected chi connectivity index (χ3v) is 4.26. The molecule has 0 amide bonds. The normalized spacial score (nSPS) is 14.8. The average molecular weight is 280 g/mol. The van der Waals surface area contributed by atoms with E-state index in [9.17, 15) is 4.39 Å². The van der Waals surface area contributed by atoms with Crippen LogP contribution in [0.5, 0.6) is 0 Å².